The van der Waals surface area contributed by atoms with Gasteiger partial charge in [0.25, 0.3) is 0 Å². The lowest BCUT2D eigenvalue weighted by atomic mass is 9.94. The van der Waals surface area contributed by atoms with Gasteiger partial charge < -0.3 is 5.11 Å². The van der Waals surface area contributed by atoms with E-state index in [0.29, 0.717) is 24.3 Å². The molecular formula is C11H8F6O2. The summed E-state index contributed by atoms with van der Waals surface area (Å²) in [4.78, 5) is 10.4. The second kappa shape index (κ2) is 5.10. The first-order valence-electron chi connectivity index (χ1n) is 4.97. The molecule has 0 aliphatic rings. The molecule has 1 aromatic carbocycles. The summed E-state index contributed by atoms with van der Waals surface area (Å²) >= 11 is 0. The minimum Gasteiger partial charge on any atom is -0.481 e. The van der Waals surface area contributed by atoms with Crippen molar-refractivity contribution in [3.05, 3.63) is 35.4 Å². The van der Waals surface area contributed by atoms with Crippen LogP contribution < -0.4 is 0 Å². The fourth-order valence-electron chi connectivity index (χ4n) is 1.50. The minimum absolute atomic E-state index is 0.496. The molecule has 1 unspecified atom stereocenters. The van der Waals surface area contributed by atoms with Crippen LogP contribution in [0.5, 0.6) is 0 Å². The van der Waals surface area contributed by atoms with Crippen molar-refractivity contribution in [2.24, 2.45) is 0 Å². The van der Waals surface area contributed by atoms with Crippen LogP contribution in [-0.2, 0) is 11.0 Å². The van der Waals surface area contributed by atoms with Crippen LogP contribution in [0.2, 0.25) is 0 Å². The highest BCUT2D eigenvalue weighted by Crippen LogP contribution is 2.38. The van der Waals surface area contributed by atoms with E-state index >= 15 is 0 Å². The fraction of sp³-hybridized carbons (Fsp3) is 0.364. The monoisotopic (exact) mass is 286 g/mol. The van der Waals surface area contributed by atoms with Crippen LogP contribution in [0, 0.1) is 0 Å². The Hall–Kier alpha value is -1.73. The third kappa shape index (κ3) is 4.15. The van der Waals surface area contributed by atoms with Gasteiger partial charge in [-0.2, -0.15) is 26.3 Å². The lowest BCUT2D eigenvalue weighted by Gasteiger charge is -2.19. The third-order valence-corrected chi connectivity index (χ3v) is 2.41. The number of carbonyl (C=O) groups is 1. The number of hydrogen-bond donors (Lipinski definition) is 1. The van der Waals surface area contributed by atoms with Crippen LogP contribution in [0.3, 0.4) is 0 Å². The Morgan fingerprint density at radius 2 is 1.53 bits per heavy atom. The molecule has 0 aliphatic carbocycles. The van der Waals surface area contributed by atoms with Gasteiger partial charge in [0.1, 0.15) is 0 Å². The van der Waals surface area contributed by atoms with Crippen LogP contribution in [-0.4, -0.2) is 17.3 Å². The van der Waals surface area contributed by atoms with Crippen LogP contribution in [0.15, 0.2) is 24.3 Å². The average Bonchev–Trinajstić information content (AvgIpc) is 2.23. The van der Waals surface area contributed by atoms with Gasteiger partial charge in [-0.25, -0.2) is 0 Å². The number of carboxylic acids is 1. The molecule has 0 aromatic heterocycles. The van der Waals surface area contributed by atoms with E-state index in [0.717, 1.165) is 0 Å². The lowest BCUT2D eigenvalue weighted by Crippen LogP contribution is -2.23. The molecule has 1 aromatic rings. The average molecular weight is 286 g/mol. The highest BCUT2D eigenvalue weighted by atomic mass is 19.4. The summed E-state index contributed by atoms with van der Waals surface area (Å²) in [5.41, 5.74) is -1.60. The molecule has 1 N–H and O–H groups in total. The maximum absolute atomic E-state index is 12.6. The fourth-order valence-corrected chi connectivity index (χ4v) is 1.50. The summed E-state index contributed by atoms with van der Waals surface area (Å²) in [5.74, 6) is -4.01. The molecule has 19 heavy (non-hydrogen) atoms. The highest BCUT2D eigenvalue weighted by Gasteiger charge is 2.42. The van der Waals surface area contributed by atoms with Crippen molar-refractivity contribution in [3.8, 4) is 0 Å². The molecule has 0 fully saturated rings. The van der Waals surface area contributed by atoms with E-state index in [1.54, 1.807) is 0 Å². The quantitative estimate of drug-likeness (QED) is 0.857. The molecule has 0 saturated carbocycles. The van der Waals surface area contributed by atoms with Crippen molar-refractivity contribution in [3.63, 3.8) is 0 Å². The molecule has 106 valence electrons. The number of rotatable bonds is 3. The Balaban J connectivity index is 3.08. The molecule has 1 rings (SSSR count). The van der Waals surface area contributed by atoms with Crippen molar-refractivity contribution in [2.45, 2.75) is 24.7 Å². The van der Waals surface area contributed by atoms with Gasteiger partial charge in [-0.15, -0.1) is 0 Å². The van der Waals surface area contributed by atoms with Crippen LogP contribution in [0.4, 0.5) is 26.3 Å². The van der Waals surface area contributed by atoms with Crippen molar-refractivity contribution < 1.29 is 36.2 Å². The Morgan fingerprint density at radius 1 is 1.05 bits per heavy atom. The third-order valence-electron chi connectivity index (χ3n) is 2.41. The maximum atomic E-state index is 12.6. The van der Waals surface area contributed by atoms with Crippen LogP contribution in [0.1, 0.15) is 23.5 Å². The molecule has 0 spiro atoms. The van der Waals surface area contributed by atoms with Gasteiger partial charge in [-0.1, -0.05) is 12.1 Å². The second-order valence-corrected chi connectivity index (χ2v) is 3.81. The highest BCUT2D eigenvalue weighted by molar-refractivity contribution is 5.68. The molecule has 0 heterocycles. The first kappa shape index (κ1) is 15.3. The van der Waals surface area contributed by atoms with E-state index < -0.39 is 41.8 Å². The minimum atomic E-state index is -4.84. The van der Waals surface area contributed by atoms with Gasteiger partial charge in [0.2, 0.25) is 0 Å². The standard InChI is InChI=1S/C11H8F6O2/c12-10(13,14)7-3-1-6(2-4-7)8(5-9(18)19)11(15,16)17/h1-4,8H,5H2,(H,18,19). The molecule has 8 heteroatoms. The number of hydrogen-bond acceptors (Lipinski definition) is 1. The SMILES string of the molecule is O=C(O)CC(c1ccc(C(F)(F)F)cc1)C(F)(F)F. The first-order valence-corrected chi connectivity index (χ1v) is 4.97. The van der Waals surface area contributed by atoms with E-state index in [1.165, 1.54) is 0 Å². The summed E-state index contributed by atoms with van der Waals surface area (Å²) in [5, 5.41) is 8.41. The van der Waals surface area contributed by atoms with Gasteiger partial charge in [0.15, 0.2) is 0 Å². The summed E-state index contributed by atoms with van der Waals surface area (Å²) in [7, 11) is 0. The largest absolute Gasteiger partial charge is 0.481 e. The Labute approximate surface area is 103 Å². The van der Waals surface area contributed by atoms with Gasteiger partial charge in [-0.3, -0.25) is 4.79 Å². The number of halogens is 6. The van der Waals surface area contributed by atoms with Crippen LogP contribution >= 0.6 is 0 Å². The molecule has 0 aliphatic heterocycles. The Morgan fingerprint density at radius 3 is 1.84 bits per heavy atom. The number of alkyl halides is 6. The zero-order chi connectivity index (χ0) is 14.8. The summed E-state index contributed by atoms with van der Waals surface area (Å²) in [6.07, 6.45) is -10.7. The van der Waals surface area contributed by atoms with E-state index in [4.69, 9.17) is 5.11 Å². The van der Waals surface area contributed by atoms with Crippen LogP contribution in [0.25, 0.3) is 0 Å². The second-order valence-electron chi connectivity index (χ2n) is 3.81. The molecule has 2 nitrogen and oxygen atoms in total. The van der Waals surface area contributed by atoms with Gasteiger partial charge in [0, 0.05) is 0 Å². The molecular weight excluding hydrogens is 278 g/mol. The maximum Gasteiger partial charge on any atom is 0.416 e. The van der Waals surface area contributed by atoms with E-state index in [2.05, 4.69) is 0 Å². The summed E-state index contributed by atoms with van der Waals surface area (Å²) < 4.78 is 74.6. The first-order chi connectivity index (χ1) is 8.51. The van der Waals surface area contributed by atoms with Gasteiger partial charge in [0.05, 0.1) is 17.9 Å². The van der Waals surface area contributed by atoms with Crippen molar-refractivity contribution in [1.82, 2.24) is 0 Å². The van der Waals surface area contributed by atoms with Crippen molar-refractivity contribution in [1.29, 1.82) is 0 Å². The summed E-state index contributed by atoms with van der Waals surface area (Å²) in [6, 6.07) is 2.28. The summed E-state index contributed by atoms with van der Waals surface area (Å²) in [6.45, 7) is 0. The molecule has 0 bridgehead atoms. The van der Waals surface area contributed by atoms with E-state index in [9.17, 15) is 31.1 Å². The number of benzene rings is 1. The van der Waals surface area contributed by atoms with Crippen molar-refractivity contribution in [2.75, 3.05) is 0 Å². The van der Waals surface area contributed by atoms with E-state index in [1.807, 2.05) is 0 Å². The predicted molar refractivity (Wildman–Crippen MR) is 52.5 cm³/mol. The molecule has 0 radical (unpaired) electrons. The smallest absolute Gasteiger partial charge is 0.416 e. The van der Waals surface area contributed by atoms with Gasteiger partial charge in [-0.05, 0) is 17.7 Å². The van der Waals surface area contributed by atoms with Crippen molar-refractivity contribution >= 4 is 5.97 Å². The van der Waals surface area contributed by atoms with Gasteiger partial charge >= 0.3 is 18.3 Å². The topological polar surface area (TPSA) is 37.3 Å². The zero-order valence-corrected chi connectivity index (χ0v) is 9.22. The normalized spacial score (nSPS) is 14.2. The molecule has 1 atom stereocenters. The van der Waals surface area contributed by atoms with E-state index in [-0.39, 0.29) is 0 Å². The lowest BCUT2D eigenvalue weighted by molar-refractivity contribution is -0.163. The Bertz CT molecular complexity index is 446. The predicted octanol–water partition coefficient (Wildman–Crippen LogP) is 3.83. The number of carboxylic acid groups (broad SMARTS) is 1. The zero-order valence-electron chi connectivity index (χ0n) is 9.22. The molecule has 0 amide bonds. The molecule has 0 saturated heterocycles. The number of aliphatic carboxylic acids is 1. The Kier molecular flexibility index (Phi) is 4.12.